The third kappa shape index (κ3) is 1.87. The van der Waals surface area contributed by atoms with Gasteiger partial charge >= 0.3 is 5.97 Å². The molecule has 0 aliphatic heterocycles. The van der Waals surface area contributed by atoms with Crippen molar-refractivity contribution in [2.75, 3.05) is 7.05 Å². The van der Waals surface area contributed by atoms with Crippen LogP contribution < -0.4 is 4.72 Å². The number of furan rings is 1. The molecule has 0 fully saturated rings. The van der Waals surface area contributed by atoms with E-state index in [0.29, 0.717) is 0 Å². The van der Waals surface area contributed by atoms with E-state index in [0.717, 1.165) is 12.3 Å². The molecule has 1 aromatic rings. The Balaban J connectivity index is 3.13. The molecule has 0 bridgehead atoms. The lowest BCUT2D eigenvalue weighted by Gasteiger charge is -1.94. The number of aromatic carboxylic acids is 1. The van der Waals surface area contributed by atoms with Gasteiger partial charge in [0.25, 0.3) is 10.0 Å². The van der Waals surface area contributed by atoms with E-state index in [2.05, 4.69) is 4.42 Å². The molecule has 7 heteroatoms. The number of nitrogens with one attached hydrogen (secondary N) is 1. The number of hydrogen-bond acceptors (Lipinski definition) is 4. The van der Waals surface area contributed by atoms with Crippen LogP contribution in [-0.2, 0) is 10.0 Å². The molecule has 0 saturated carbocycles. The lowest BCUT2D eigenvalue weighted by molar-refractivity contribution is 0.0696. The molecule has 0 aromatic carbocycles. The molecule has 0 atom stereocenters. The molecule has 0 unspecified atom stereocenters. The van der Waals surface area contributed by atoms with Crippen LogP contribution in [-0.4, -0.2) is 26.5 Å². The summed E-state index contributed by atoms with van der Waals surface area (Å²) in [6, 6.07) is 0.939. The molecular formula is C6H7NO5S. The van der Waals surface area contributed by atoms with Crippen molar-refractivity contribution in [1.82, 2.24) is 4.72 Å². The Morgan fingerprint density at radius 2 is 2.23 bits per heavy atom. The second kappa shape index (κ2) is 3.19. The minimum Gasteiger partial charge on any atom is -0.478 e. The molecule has 0 amide bonds. The Labute approximate surface area is 74.2 Å². The van der Waals surface area contributed by atoms with Crippen molar-refractivity contribution in [3.8, 4) is 0 Å². The highest BCUT2D eigenvalue weighted by Crippen LogP contribution is 2.12. The van der Waals surface area contributed by atoms with Gasteiger partial charge in [-0.25, -0.2) is 17.9 Å². The average molecular weight is 205 g/mol. The van der Waals surface area contributed by atoms with Crippen molar-refractivity contribution in [3.63, 3.8) is 0 Å². The number of hydrogen-bond donors (Lipinski definition) is 2. The zero-order valence-corrected chi connectivity index (χ0v) is 7.46. The quantitative estimate of drug-likeness (QED) is 0.717. The monoisotopic (exact) mass is 205 g/mol. The van der Waals surface area contributed by atoms with Crippen LogP contribution in [0.4, 0.5) is 0 Å². The smallest absolute Gasteiger partial charge is 0.339 e. The summed E-state index contributed by atoms with van der Waals surface area (Å²) in [4.78, 5) is 10.4. The predicted molar refractivity (Wildman–Crippen MR) is 41.9 cm³/mol. The molecule has 13 heavy (non-hydrogen) atoms. The van der Waals surface area contributed by atoms with Crippen LogP contribution >= 0.6 is 0 Å². The SMILES string of the molecule is CNS(=O)(=O)c1cc(C(=O)O)co1. The molecule has 1 aromatic heterocycles. The van der Waals surface area contributed by atoms with Gasteiger partial charge in [-0.15, -0.1) is 0 Å². The fourth-order valence-corrected chi connectivity index (χ4v) is 1.33. The van der Waals surface area contributed by atoms with Gasteiger partial charge in [-0.2, -0.15) is 0 Å². The first-order valence-corrected chi connectivity index (χ1v) is 4.71. The highest BCUT2D eigenvalue weighted by atomic mass is 32.2. The first-order chi connectivity index (χ1) is 5.97. The number of carboxylic acid groups (broad SMARTS) is 1. The summed E-state index contributed by atoms with van der Waals surface area (Å²) >= 11 is 0. The van der Waals surface area contributed by atoms with Crippen molar-refractivity contribution in [1.29, 1.82) is 0 Å². The second-order valence-corrected chi connectivity index (χ2v) is 3.98. The van der Waals surface area contributed by atoms with E-state index >= 15 is 0 Å². The molecule has 1 heterocycles. The molecule has 1 rings (SSSR count). The molecule has 72 valence electrons. The third-order valence-corrected chi connectivity index (χ3v) is 2.64. The Bertz CT molecular complexity index is 418. The first kappa shape index (κ1) is 9.75. The van der Waals surface area contributed by atoms with E-state index in [1.165, 1.54) is 7.05 Å². The van der Waals surface area contributed by atoms with Gasteiger partial charge in [0.1, 0.15) is 6.26 Å². The molecule has 6 nitrogen and oxygen atoms in total. The van der Waals surface area contributed by atoms with Gasteiger partial charge < -0.3 is 9.52 Å². The number of sulfonamides is 1. The molecule has 0 aliphatic carbocycles. The van der Waals surface area contributed by atoms with E-state index < -0.39 is 21.1 Å². The number of carboxylic acids is 1. The highest BCUT2D eigenvalue weighted by Gasteiger charge is 2.18. The van der Waals surface area contributed by atoms with E-state index in [-0.39, 0.29) is 5.56 Å². The zero-order valence-electron chi connectivity index (χ0n) is 6.64. The van der Waals surface area contributed by atoms with Crippen LogP contribution in [0, 0.1) is 0 Å². The van der Waals surface area contributed by atoms with Crippen molar-refractivity contribution in [3.05, 3.63) is 17.9 Å². The summed E-state index contributed by atoms with van der Waals surface area (Å²) in [5.74, 6) is -1.23. The van der Waals surface area contributed by atoms with Gasteiger partial charge in [0.05, 0.1) is 5.56 Å². The second-order valence-electron chi connectivity index (χ2n) is 2.17. The van der Waals surface area contributed by atoms with Gasteiger partial charge in [0.15, 0.2) is 0 Å². The van der Waals surface area contributed by atoms with Crippen molar-refractivity contribution >= 4 is 16.0 Å². The van der Waals surface area contributed by atoms with E-state index in [1.54, 1.807) is 0 Å². The summed E-state index contributed by atoms with van der Waals surface area (Å²) in [5.41, 5.74) is -0.200. The standard InChI is InChI=1S/C6H7NO5S/c1-7-13(10,11)5-2-4(3-12-5)6(8)9/h2-3,7H,1H3,(H,8,9). The normalized spacial score (nSPS) is 11.5. The summed E-state index contributed by atoms with van der Waals surface area (Å²) < 4.78 is 28.6. The van der Waals surface area contributed by atoms with Crippen LogP contribution in [0.25, 0.3) is 0 Å². The molecule has 2 N–H and O–H groups in total. The van der Waals surface area contributed by atoms with E-state index in [9.17, 15) is 13.2 Å². The predicted octanol–water partition coefficient (Wildman–Crippen LogP) is -0.114. The summed E-state index contributed by atoms with van der Waals surface area (Å²) in [7, 11) is -2.48. The van der Waals surface area contributed by atoms with Crippen LogP contribution in [0.1, 0.15) is 10.4 Å². The van der Waals surface area contributed by atoms with Crippen molar-refractivity contribution in [2.45, 2.75) is 5.09 Å². The molecular weight excluding hydrogens is 198 g/mol. The zero-order chi connectivity index (χ0) is 10.1. The minimum atomic E-state index is -3.69. The number of carbonyl (C=O) groups is 1. The fraction of sp³-hybridized carbons (Fsp3) is 0.167. The first-order valence-electron chi connectivity index (χ1n) is 3.23. The average Bonchev–Trinajstić information content (AvgIpc) is 2.52. The topological polar surface area (TPSA) is 96.6 Å². The summed E-state index contributed by atoms with van der Waals surface area (Å²) in [6.45, 7) is 0. The van der Waals surface area contributed by atoms with Crippen LogP contribution in [0.5, 0.6) is 0 Å². The van der Waals surface area contributed by atoms with Gasteiger partial charge in [-0.3, -0.25) is 0 Å². The van der Waals surface area contributed by atoms with Gasteiger partial charge in [0.2, 0.25) is 5.09 Å². The summed E-state index contributed by atoms with van der Waals surface area (Å²) in [5, 5.41) is 8.05. The number of rotatable bonds is 3. The van der Waals surface area contributed by atoms with E-state index in [1.807, 2.05) is 4.72 Å². The van der Waals surface area contributed by atoms with Crippen LogP contribution in [0.15, 0.2) is 21.8 Å². The lowest BCUT2D eigenvalue weighted by atomic mass is 10.4. The highest BCUT2D eigenvalue weighted by molar-refractivity contribution is 7.89. The maximum atomic E-state index is 11.0. The molecule has 0 aliphatic rings. The van der Waals surface area contributed by atoms with Crippen LogP contribution in [0.3, 0.4) is 0 Å². The van der Waals surface area contributed by atoms with Crippen molar-refractivity contribution < 1.29 is 22.7 Å². The van der Waals surface area contributed by atoms with Gasteiger partial charge in [-0.1, -0.05) is 0 Å². The van der Waals surface area contributed by atoms with Crippen LogP contribution in [0.2, 0.25) is 0 Å². The Kier molecular flexibility index (Phi) is 2.39. The fourth-order valence-electron chi connectivity index (χ4n) is 0.670. The minimum absolute atomic E-state index is 0.200. The summed E-state index contributed by atoms with van der Waals surface area (Å²) in [6.07, 6.45) is 0.868. The van der Waals surface area contributed by atoms with Gasteiger partial charge in [-0.05, 0) is 7.05 Å². The van der Waals surface area contributed by atoms with Gasteiger partial charge in [0, 0.05) is 6.07 Å². The third-order valence-electron chi connectivity index (χ3n) is 1.36. The van der Waals surface area contributed by atoms with Crippen molar-refractivity contribution in [2.24, 2.45) is 0 Å². The molecule has 0 saturated heterocycles. The van der Waals surface area contributed by atoms with E-state index in [4.69, 9.17) is 5.11 Å². The maximum absolute atomic E-state index is 11.0. The largest absolute Gasteiger partial charge is 0.478 e. The molecule has 0 spiro atoms. The Morgan fingerprint density at radius 3 is 2.62 bits per heavy atom. The maximum Gasteiger partial charge on any atom is 0.339 e. The molecule has 0 radical (unpaired) electrons. The Morgan fingerprint density at radius 1 is 1.62 bits per heavy atom. The Hall–Kier alpha value is -1.34. The lowest BCUT2D eigenvalue weighted by Crippen LogP contribution is -2.17.